The van der Waals surface area contributed by atoms with Crippen molar-refractivity contribution in [3.8, 4) is 45.3 Å². The molecule has 8 aromatic carbocycles. The van der Waals surface area contributed by atoms with Crippen LogP contribution in [0.2, 0.25) is 0 Å². The molecule has 1 unspecified atom stereocenters. The highest BCUT2D eigenvalue weighted by molar-refractivity contribution is 7.99. The number of rotatable bonds is 5. The Morgan fingerprint density at radius 1 is 0.475 bits per heavy atom. The molecule has 0 saturated carbocycles. The summed E-state index contributed by atoms with van der Waals surface area (Å²) in [4.78, 5) is 14.6. The van der Waals surface area contributed by atoms with E-state index in [4.69, 9.17) is 23.9 Å². The van der Waals surface area contributed by atoms with Crippen molar-refractivity contribution >= 4 is 57.1 Å². The van der Waals surface area contributed by atoms with Crippen LogP contribution in [0.25, 0.3) is 44.2 Å². The van der Waals surface area contributed by atoms with Gasteiger partial charge in [-0.05, 0) is 83.4 Å². The average molecular weight is 798 g/mol. The van der Waals surface area contributed by atoms with E-state index in [0.717, 1.165) is 109 Å². The van der Waals surface area contributed by atoms with E-state index in [0.29, 0.717) is 5.84 Å². The number of fused-ring (bicyclic) bond motifs is 7. The zero-order chi connectivity index (χ0) is 38.9. The molecule has 4 heterocycles. The van der Waals surface area contributed by atoms with E-state index in [1.165, 1.54) is 0 Å². The van der Waals surface area contributed by atoms with Crippen molar-refractivity contribution in [3.05, 3.63) is 193 Å². The van der Waals surface area contributed by atoms with Crippen molar-refractivity contribution in [3.63, 3.8) is 0 Å². The Morgan fingerprint density at radius 3 is 1.80 bits per heavy atom. The lowest BCUT2D eigenvalue weighted by atomic mass is 9.94. The Hall–Kier alpha value is -7.00. The second kappa shape index (κ2) is 13.8. The number of para-hydroxylation sites is 2. The van der Waals surface area contributed by atoms with Crippen molar-refractivity contribution in [2.75, 3.05) is 0 Å². The largest absolute Gasteiger partial charge is 0.455 e. The number of hydrogen-bond donors (Lipinski definition) is 1. The summed E-state index contributed by atoms with van der Waals surface area (Å²) in [5.74, 6) is 4.89. The van der Waals surface area contributed by atoms with Crippen LogP contribution < -0.4 is 14.8 Å². The summed E-state index contributed by atoms with van der Waals surface area (Å²) in [7, 11) is 0. The monoisotopic (exact) mass is 797 g/mol. The fourth-order valence-electron chi connectivity index (χ4n) is 8.04. The zero-order valence-electron chi connectivity index (χ0n) is 31.3. The van der Waals surface area contributed by atoms with E-state index in [1.54, 1.807) is 23.5 Å². The van der Waals surface area contributed by atoms with Gasteiger partial charge >= 0.3 is 0 Å². The summed E-state index contributed by atoms with van der Waals surface area (Å²) in [5.41, 5.74) is 8.71. The summed E-state index contributed by atoms with van der Waals surface area (Å²) in [6.45, 7) is 0. The van der Waals surface area contributed by atoms with E-state index < -0.39 is 6.17 Å². The molecule has 0 fully saturated rings. The lowest BCUT2D eigenvalue weighted by molar-refractivity contribution is 0.454. The van der Waals surface area contributed by atoms with Gasteiger partial charge in [-0.2, -0.15) is 0 Å². The zero-order valence-corrected chi connectivity index (χ0v) is 32.9. The first-order chi connectivity index (χ1) is 29.2. The number of nitrogens with zero attached hydrogens (tertiary/aromatic N) is 2. The van der Waals surface area contributed by atoms with Crippen molar-refractivity contribution < 1.29 is 13.9 Å². The maximum Gasteiger partial charge on any atom is 0.159 e. The molecule has 6 nitrogen and oxygen atoms in total. The Balaban J connectivity index is 1.05. The Morgan fingerprint density at radius 2 is 1.08 bits per heavy atom. The van der Waals surface area contributed by atoms with Gasteiger partial charge in [0.25, 0.3) is 0 Å². The molecule has 0 saturated heterocycles. The molecule has 1 aromatic heterocycles. The minimum Gasteiger partial charge on any atom is -0.455 e. The summed E-state index contributed by atoms with van der Waals surface area (Å²) < 4.78 is 19.6. The first-order valence-electron chi connectivity index (χ1n) is 19.4. The topological polar surface area (TPSA) is 68.4 Å². The van der Waals surface area contributed by atoms with Crippen LogP contribution in [-0.2, 0) is 0 Å². The third kappa shape index (κ3) is 5.99. The van der Waals surface area contributed by atoms with Crippen LogP contribution in [-0.4, -0.2) is 11.7 Å². The highest BCUT2D eigenvalue weighted by Crippen LogP contribution is 2.51. The van der Waals surface area contributed by atoms with Crippen LogP contribution in [0.4, 0.5) is 0 Å². The number of aliphatic imine (C=N–C) groups is 2. The molecular formula is C51H31N3O3S2. The van der Waals surface area contributed by atoms with Gasteiger partial charge in [-0.15, -0.1) is 0 Å². The maximum absolute atomic E-state index is 6.94. The van der Waals surface area contributed by atoms with Crippen LogP contribution in [0.5, 0.6) is 23.0 Å². The summed E-state index contributed by atoms with van der Waals surface area (Å²) in [5, 5.41) is 5.70. The quantitative estimate of drug-likeness (QED) is 0.187. The third-order valence-corrected chi connectivity index (χ3v) is 13.0. The van der Waals surface area contributed by atoms with E-state index >= 15 is 0 Å². The van der Waals surface area contributed by atoms with Gasteiger partial charge < -0.3 is 19.2 Å². The van der Waals surface area contributed by atoms with Crippen molar-refractivity contribution in [1.29, 1.82) is 0 Å². The molecule has 0 radical (unpaired) electrons. The Kier molecular flexibility index (Phi) is 7.99. The SMILES string of the molecule is c1ccc(C2=NC(c3cccc4oc5c(-c6ccc7c(c6)Sc6ccccc6O7)cc(-c6ccc7c(c6)Sc6ccccc6O7)cc5c34)NC(c3ccccc3)=N2)cc1. The van der Waals surface area contributed by atoms with Gasteiger partial charge in [0.15, 0.2) is 5.84 Å². The predicted octanol–water partition coefficient (Wildman–Crippen LogP) is 13.9. The van der Waals surface area contributed by atoms with Crippen LogP contribution in [0.3, 0.4) is 0 Å². The molecule has 12 rings (SSSR count). The lowest BCUT2D eigenvalue weighted by Gasteiger charge is -2.24. The molecule has 280 valence electrons. The van der Waals surface area contributed by atoms with Gasteiger partial charge in [-0.25, -0.2) is 9.98 Å². The van der Waals surface area contributed by atoms with Crippen LogP contribution in [0.1, 0.15) is 22.9 Å². The minimum atomic E-state index is -0.441. The van der Waals surface area contributed by atoms with E-state index in [-0.39, 0.29) is 0 Å². The molecule has 3 aliphatic rings. The van der Waals surface area contributed by atoms with Crippen LogP contribution >= 0.6 is 23.5 Å². The molecule has 0 aliphatic carbocycles. The second-order valence-electron chi connectivity index (χ2n) is 14.5. The number of furan rings is 1. The lowest BCUT2D eigenvalue weighted by Crippen LogP contribution is -2.33. The van der Waals surface area contributed by atoms with Crippen molar-refractivity contribution in [2.45, 2.75) is 25.7 Å². The number of nitrogens with one attached hydrogen (secondary N) is 1. The number of hydrogen-bond acceptors (Lipinski definition) is 8. The normalized spacial score (nSPS) is 15.1. The summed E-state index contributed by atoms with van der Waals surface area (Å²) in [6.07, 6.45) is -0.441. The molecule has 59 heavy (non-hydrogen) atoms. The fraction of sp³-hybridized carbons (Fsp3) is 0.0196. The van der Waals surface area contributed by atoms with Crippen LogP contribution in [0, 0.1) is 0 Å². The Labute approximate surface area is 348 Å². The maximum atomic E-state index is 6.94. The number of ether oxygens (including phenoxy) is 2. The van der Waals surface area contributed by atoms with Gasteiger partial charge in [0, 0.05) is 33.0 Å². The summed E-state index contributed by atoms with van der Waals surface area (Å²) in [6, 6.07) is 60.4. The number of benzene rings is 8. The number of amidine groups is 2. The van der Waals surface area contributed by atoms with Gasteiger partial charge in [0.2, 0.25) is 0 Å². The highest BCUT2D eigenvalue weighted by atomic mass is 32.2. The van der Waals surface area contributed by atoms with Gasteiger partial charge in [0.1, 0.15) is 46.2 Å². The predicted molar refractivity (Wildman–Crippen MR) is 238 cm³/mol. The second-order valence-corrected chi connectivity index (χ2v) is 16.7. The van der Waals surface area contributed by atoms with E-state index in [1.807, 2.05) is 66.7 Å². The first-order valence-corrected chi connectivity index (χ1v) is 21.0. The smallest absolute Gasteiger partial charge is 0.159 e. The van der Waals surface area contributed by atoms with Crippen molar-refractivity contribution in [1.82, 2.24) is 5.32 Å². The first kappa shape index (κ1) is 34.1. The fourth-order valence-corrected chi connectivity index (χ4v) is 10.0. The summed E-state index contributed by atoms with van der Waals surface area (Å²) >= 11 is 3.46. The van der Waals surface area contributed by atoms with E-state index in [2.05, 4.69) is 115 Å². The third-order valence-electron chi connectivity index (χ3n) is 10.9. The van der Waals surface area contributed by atoms with Gasteiger partial charge in [-0.3, -0.25) is 0 Å². The molecule has 8 heteroatoms. The van der Waals surface area contributed by atoms with Crippen LogP contribution in [0.15, 0.2) is 210 Å². The molecule has 0 spiro atoms. The van der Waals surface area contributed by atoms with Gasteiger partial charge in [-0.1, -0.05) is 133 Å². The molecule has 0 amide bonds. The molecule has 1 atom stereocenters. The molecule has 1 N–H and O–H groups in total. The molecular weight excluding hydrogens is 767 g/mol. The minimum absolute atomic E-state index is 0.441. The Bertz CT molecular complexity index is 3210. The van der Waals surface area contributed by atoms with Gasteiger partial charge in [0.05, 0.1) is 19.6 Å². The van der Waals surface area contributed by atoms with E-state index in [9.17, 15) is 0 Å². The molecule has 3 aliphatic heterocycles. The standard InChI is InChI=1S/C51H31N3O3S2/c1-3-12-30(13-4-1)49-52-50(31-14-5-2-6-15-31)54-51(53-49)35-16-11-19-42-47(35)37-27-34(32-22-24-40-45(28-32)58-43-20-9-7-17-38(43)55-40)26-36(48(37)57-42)33-23-25-41-46(29-33)59-44-21-10-8-18-39(44)56-41/h1-29,51H,(H,52,53,54). The average Bonchev–Trinajstić information content (AvgIpc) is 3.69. The molecule has 0 bridgehead atoms. The molecule has 9 aromatic rings. The van der Waals surface area contributed by atoms with Crippen molar-refractivity contribution in [2.24, 2.45) is 9.98 Å². The highest BCUT2D eigenvalue weighted by Gasteiger charge is 2.27.